The van der Waals surface area contributed by atoms with E-state index in [9.17, 15) is 9.59 Å². The first-order valence-electron chi connectivity index (χ1n) is 3.12. The van der Waals surface area contributed by atoms with Crippen molar-refractivity contribution in [2.45, 2.75) is 4.83 Å². The van der Waals surface area contributed by atoms with E-state index in [-0.39, 0.29) is 22.3 Å². The van der Waals surface area contributed by atoms with Gasteiger partial charge in [-0.15, -0.1) is 0 Å². The summed E-state index contributed by atoms with van der Waals surface area (Å²) in [4.78, 5) is 21.9. The first-order valence-corrected chi connectivity index (χ1v) is 4.04. The van der Waals surface area contributed by atoms with Gasteiger partial charge in [0.05, 0.1) is 0 Å². The summed E-state index contributed by atoms with van der Waals surface area (Å²) < 4.78 is 0. The second-order valence-corrected chi connectivity index (χ2v) is 3.69. The highest BCUT2D eigenvalue weighted by Crippen LogP contribution is 2.48. The van der Waals surface area contributed by atoms with Crippen LogP contribution in [0.15, 0.2) is 12.2 Å². The fourth-order valence-corrected chi connectivity index (χ4v) is 2.21. The Balaban J connectivity index is 2.33. The molecule has 2 aliphatic rings. The molecule has 2 aliphatic carbocycles. The van der Waals surface area contributed by atoms with E-state index in [0.717, 1.165) is 0 Å². The van der Waals surface area contributed by atoms with Gasteiger partial charge in [-0.05, 0) is 6.08 Å². The highest BCUT2D eigenvalue weighted by atomic mass is 79.9. The Morgan fingerprint density at radius 1 is 1.40 bits per heavy atom. The quantitative estimate of drug-likeness (QED) is 0.427. The Bertz CT molecular complexity index is 244. The maximum absolute atomic E-state index is 10.9. The molecule has 0 bridgehead atoms. The number of allylic oxidation sites excluding steroid dienone is 2. The minimum absolute atomic E-state index is 0.0440. The van der Waals surface area contributed by atoms with Crippen LogP contribution in [0.5, 0.6) is 0 Å². The molecular formula is C7H5BrO2. The number of carbonyl (C=O) groups is 2. The molecule has 0 aliphatic heterocycles. The van der Waals surface area contributed by atoms with Crippen LogP contribution in [0.1, 0.15) is 0 Å². The number of carbonyl (C=O) groups excluding carboxylic acids is 2. The first kappa shape index (κ1) is 6.28. The molecule has 1 fully saturated rings. The van der Waals surface area contributed by atoms with Gasteiger partial charge in [0.1, 0.15) is 0 Å². The number of alkyl halides is 1. The van der Waals surface area contributed by atoms with Crippen LogP contribution < -0.4 is 0 Å². The molecule has 0 amide bonds. The molecule has 0 aromatic rings. The highest BCUT2D eigenvalue weighted by Gasteiger charge is 2.54. The van der Waals surface area contributed by atoms with Crippen LogP contribution >= 0.6 is 15.9 Å². The number of hydrogen-bond donors (Lipinski definition) is 0. The lowest BCUT2D eigenvalue weighted by molar-refractivity contribution is -0.135. The van der Waals surface area contributed by atoms with Crippen LogP contribution in [0, 0.1) is 11.8 Å². The fraction of sp³-hybridized carbons (Fsp3) is 0.429. The maximum atomic E-state index is 10.9. The molecule has 52 valence electrons. The van der Waals surface area contributed by atoms with E-state index in [2.05, 4.69) is 15.9 Å². The number of hydrogen-bond acceptors (Lipinski definition) is 2. The molecule has 0 unspecified atom stereocenters. The summed E-state index contributed by atoms with van der Waals surface area (Å²) in [7, 11) is 0. The maximum Gasteiger partial charge on any atom is 0.221 e. The molecule has 3 heteroatoms. The summed E-state index contributed by atoms with van der Waals surface area (Å²) in [6.45, 7) is 0. The van der Waals surface area contributed by atoms with Gasteiger partial charge >= 0.3 is 0 Å². The average molecular weight is 201 g/mol. The lowest BCUT2D eigenvalue weighted by atomic mass is 10.1. The van der Waals surface area contributed by atoms with Crippen LogP contribution in [0.4, 0.5) is 0 Å². The molecule has 0 heterocycles. The van der Waals surface area contributed by atoms with Crippen LogP contribution in [-0.2, 0) is 9.59 Å². The van der Waals surface area contributed by atoms with Gasteiger partial charge in [-0.1, -0.05) is 22.0 Å². The SMILES string of the molecule is O=C1C=C[C@H]2[C@H](Br)[C@H]2C1=O. The fourth-order valence-electron chi connectivity index (χ4n) is 1.29. The molecular weight excluding hydrogens is 196 g/mol. The molecule has 3 atom stereocenters. The third-order valence-electron chi connectivity index (χ3n) is 2.00. The number of ketones is 2. The smallest absolute Gasteiger partial charge is 0.221 e. The summed E-state index contributed by atoms with van der Waals surface area (Å²) in [5.41, 5.74) is 0. The van der Waals surface area contributed by atoms with Crippen LogP contribution in [0.2, 0.25) is 0 Å². The molecule has 0 aromatic heterocycles. The van der Waals surface area contributed by atoms with Gasteiger partial charge in [-0.2, -0.15) is 0 Å². The minimum atomic E-state index is -0.344. The normalized spacial score (nSPS) is 43.5. The Hall–Kier alpha value is -0.440. The summed E-state index contributed by atoms with van der Waals surface area (Å²) >= 11 is 3.32. The third kappa shape index (κ3) is 0.639. The van der Waals surface area contributed by atoms with Gasteiger partial charge in [0.25, 0.3) is 0 Å². The predicted octanol–water partition coefficient (Wildman–Crippen LogP) is 0.704. The van der Waals surface area contributed by atoms with Crippen molar-refractivity contribution >= 4 is 27.5 Å². The summed E-state index contributed by atoms with van der Waals surface area (Å²) in [6.07, 6.45) is 3.19. The van der Waals surface area contributed by atoms with Crippen molar-refractivity contribution in [1.29, 1.82) is 0 Å². The van der Waals surface area contributed by atoms with Gasteiger partial charge in [0.2, 0.25) is 11.6 Å². The van der Waals surface area contributed by atoms with E-state index in [0.29, 0.717) is 5.92 Å². The zero-order chi connectivity index (χ0) is 7.30. The monoisotopic (exact) mass is 200 g/mol. The topological polar surface area (TPSA) is 34.1 Å². The summed E-state index contributed by atoms with van der Waals surface area (Å²) in [6, 6.07) is 0. The number of rotatable bonds is 0. The van der Waals surface area contributed by atoms with E-state index < -0.39 is 0 Å². The largest absolute Gasteiger partial charge is 0.290 e. The van der Waals surface area contributed by atoms with E-state index in [4.69, 9.17) is 0 Å². The lowest BCUT2D eigenvalue weighted by Crippen LogP contribution is -2.17. The zero-order valence-corrected chi connectivity index (χ0v) is 6.67. The third-order valence-corrected chi connectivity index (χ3v) is 3.18. The Kier molecular flexibility index (Phi) is 1.12. The standard InChI is InChI=1S/C7H5BrO2/c8-6-3-1-2-4(9)7(10)5(3)6/h1-3,5-6H/t3-,5+,6+/m1/s1. The van der Waals surface area contributed by atoms with E-state index >= 15 is 0 Å². The summed E-state index contributed by atoms with van der Waals surface area (Å²) in [5.74, 6) is -0.319. The van der Waals surface area contributed by atoms with Crippen LogP contribution in [0.3, 0.4) is 0 Å². The van der Waals surface area contributed by atoms with Crippen molar-refractivity contribution in [1.82, 2.24) is 0 Å². The lowest BCUT2D eigenvalue weighted by Gasteiger charge is -1.95. The van der Waals surface area contributed by atoms with Crippen molar-refractivity contribution in [3.63, 3.8) is 0 Å². The van der Waals surface area contributed by atoms with E-state index in [1.54, 1.807) is 0 Å². The first-order chi connectivity index (χ1) is 4.72. The molecule has 0 saturated heterocycles. The molecule has 1 saturated carbocycles. The molecule has 0 spiro atoms. The zero-order valence-electron chi connectivity index (χ0n) is 5.08. The Morgan fingerprint density at radius 2 is 2.10 bits per heavy atom. The predicted molar refractivity (Wildman–Crippen MR) is 38.8 cm³/mol. The van der Waals surface area contributed by atoms with Crippen LogP contribution in [0.25, 0.3) is 0 Å². The van der Waals surface area contributed by atoms with Gasteiger partial charge in [-0.3, -0.25) is 9.59 Å². The molecule has 0 N–H and O–H groups in total. The molecule has 2 nitrogen and oxygen atoms in total. The Labute approximate surface area is 66.4 Å². The van der Waals surface area contributed by atoms with Crippen molar-refractivity contribution in [2.24, 2.45) is 11.8 Å². The van der Waals surface area contributed by atoms with Gasteiger partial charge in [0, 0.05) is 16.7 Å². The number of fused-ring (bicyclic) bond motifs is 1. The van der Waals surface area contributed by atoms with Gasteiger partial charge in [0.15, 0.2) is 0 Å². The highest BCUT2D eigenvalue weighted by molar-refractivity contribution is 9.09. The average Bonchev–Trinajstić information content (AvgIpc) is 2.54. The molecule has 0 aromatic carbocycles. The van der Waals surface area contributed by atoms with Gasteiger partial charge in [-0.25, -0.2) is 0 Å². The van der Waals surface area contributed by atoms with Crippen LogP contribution in [-0.4, -0.2) is 16.4 Å². The van der Waals surface area contributed by atoms with E-state index in [1.165, 1.54) is 6.08 Å². The Morgan fingerprint density at radius 3 is 2.70 bits per heavy atom. The second kappa shape index (κ2) is 1.78. The van der Waals surface area contributed by atoms with E-state index in [1.807, 2.05) is 6.08 Å². The van der Waals surface area contributed by atoms with Crippen molar-refractivity contribution in [3.05, 3.63) is 12.2 Å². The van der Waals surface area contributed by atoms with Crippen molar-refractivity contribution in [3.8, 4) is 0 Å². The molecule has 10 heavy (non-hydrogen) atoms. The van der Waals surface area contributed by atoms with Crippen molar-refractivity contribution in [2.75, 3.05) is 0 Å². The summed E-state index contributed by atoms with van der Waals surface area (Å²) in [5, 5.41) is 0. The number of halogens is 1. The van der Waals surface area contributed by atoms with Gasteiger partial charge < -0.3 is 0 Å². The van der Waals surface area contributed by atoms with Crippen molar-refractivity contribution < 1.29 is 9.59 Å². The molecule has 0 radical (unpaired) electrons. The second-order valence-electron chi connectivity index (χ2n) is 2.64. The minimum Gasteiger partial charge on any atom is -0.290 e. The molecule has 2 rings (SSSR count). The number of Topliss-reactive ketones (excluding diaryl/α,β-unsaturated/α-hetero) is 1.